The lowest BCUT2D eigenvalue weighted by molar-refractivity contribution is -0.133. The summed E-state index contributed by atoms with van der Waals surface area (Å²) in [7, 11) is 6.21. The van der Waals surface area contributed by atoms with Gasteiger partial charge in [0.25, 0.3) is 5.91 Å². The lowest BCUT2D eigenvalue weighted by Gasteiger charge is -2.32. The molecule has 0 aromatic heterocycles. The van der Waals surface area contributed by atoms with E-state index < -0.39 is 0 Å². The van der Waals surface area contributed by atoms with Gasteiger partial charge in [0.15, 0.2) is 11.5 Å². The van der Waals surface area contributed by atoms with Gasteiger partial charge in [-0.3, -0.25) is 9.59 Å². The molecule has 0 saturated carbocycles. The Kier molecular flexibility index (Phi) is 4.75. The van der Waals surface area contributed by atoms with Crippen LogP contribution in [0.15, 0.2) is 12.1 Å². The molecule has 22 heavy (non-hydrogen) atoms. The zero-order chi connectivity index (χ0) is 16.3. The summed E-state index contributed by atoms with van der Waals surface area (Å²) in [6, 6.07) is 3.18. The quantitative estimate of drug-likeness (QED) is 0.816. The first-order valence-electron chi connectivity index (χ1n) is 6.85. The molecule has 0 aliphatic carbocycles. The number of rotatable bonds is 4. The molecule has 1 fully saturated rings. The van der Waals surface area contributed by atoms with Crippen LogP contribution in [0.5, 0.6) is 17.2 Å². The number of carbonyl (C=O) groups is 2. The maximum atomic E-state index is 12.6. The molecule has 1 aliphatic rings. The summed E-state index contributed by atoms with van der Waals surface area (Å²) >= 11 is 0. The Morgan fingerprint density at radius 1 is 1.05 bits per heavy atom. The Balaban J connectivity index is 2.32. The fourth-order valence-electron chi connectivity index (χ4n) is 2.32. The van der Waals surface area contributed by atoms with Crippen LogP contribution in [0.2, 0.25) is 0 Å². The van der Waals surface area contributed by atoms with Crippen molar-refractivity contribution in [1.29, 1.82) is 0 Å². The van der Waals surface area contributed by atoms with Crippen LogP contribution in [0.3, 0.4) is 0 Å². The summed E-state index contributed by atoms with van der Waals surface area (Å²) in [6.45, 7) is 1.10. The van der Waals surface area contributed by atoms with Gasteiger partial charge >= 0.3 is 0 Å². The summed E-state index contributed by atoms with van der Waals surface area (Å²) in [5.41, 5.74) is 0.395. The van der Waals surface area contributed by atoms with E-state index in [0.717, 1.165) is 0 Å². The zero-order valence-electron chi connectivity index (χ0n) is 13.2. The van der Waals surface area contributed by atoms with Gasteiger partial charge in [0.1, 0.15) is 6.54 Å². The van der Waals surface area contributed by atoms with Crippen molar-refractivity contribution in [1.82, 2.24) is 9.80 Å². The average Bonchev–Trinajstić information content (AvgIpc) is 2.55. The molecule has 0 atom stereocenters. The number of hydrogen-bond acceptors (Lipinski definition) is 5. The molecule has 7 nitrogen and oxygen atoms in total. The van der Waals surface area contributed by atoms with Crippen molar-refractivity contribution in [3.63, 3.8) is 0 Å². The second kappa shape index (κ2) is 6.55. The zero-order valence-corrected chi connectivity index (χ0v) is 13.2. The van der Waals surface area contributed by atoms with Gasteiger partial charge in [-0.25, -0.2) is 0 Å². The number of piperazine rings is 1. The molecule has 1 heterocycles. The molecule has 1 aliphatic heterocycles. The Labute approximate surface area is 129 Å². The van der Waals surface area contributed by atoms with Crippen LogP contribution >= 0.6 is 0 Å². The van der Waals surface area contributed by atoms with E-state index in [0.29, 0.717) is 35.9 Å². The molecule has 7 heteroatoms. The number of nitrogens with zero attached hydrogens (tertiary/aromatic N) is 2. The highest BCUT2D eigenvalue weighted by atomic mass is 16.5. The molecule has 120 valence electrons. The van der Waals surface area contributed by atoms with E-state index in [1.165, 1.54) is 26.2 Å². The number of amides is 2. The van der Waals surface area contributed by atoms with Crippen LogP contribution in [-0.2, 0) is 4.79 Å². The maximum Gasteiger partial charge on any atom is 0.254 e. The minimum absolute atomic E-state index is 0.0754. The third kappa shape index (κ3) is 2.93. The summed E-state index contributed by atoms with van der Waals surface area (Å²) in [5, 5.41) is 0. The predicted molar refractivity (Wildman–Crippen MR) is 79.6 cm³/mol. The van der Waals surface area contributed by atoms with E-state index in [4.69, 9.17) is 14.2 Å². The van der Waals surface area contributed by atoms with Gasteiger partial charge in [-0.1, -0.05) is 0 Å². The maximum absolute atomic E-state index is 12.6. The summed E-state index contributed by atoms with van der Waals surface area (Å²) < 4.78 is 15.7. The van der Waals surface area contributed by atoms with Crippen LogP contribution in [0.1, 0.15) is 10.4 Å². The van der Waals surface area contributed by atoms with Crippen molar-refractivity contribution in [2.45, 2.75) is 0 Å². The third-order valence-electron chi connectivity index (χ3n) is 3.66. The van der Waals surface area contributed by atoms with E-state index >= 15 is 0 Å². The first-order chi connectivity index (χ1) is 10.5. The Hall–Kier alpha value is -2.44. The van der Waals surface area contributed by atoms with Crippen molar-refractivity contribution in [3.05, 3.63) is 17.7 Å². The molecular weight excluding hydrogens is 288 g/mol. The van der Waals surface area contributed by atoms with E-state index in [1.807, 2.05) is 0 Å². The van der Waals surface area contributed by atoms with Crippen LogP contribution < -0.4 is 14.2 Å². The third-order valence-corrected chi connectivity index (χ3v) is 3.66. The first-order valence-corrected chi connectivity index (χ1v) is 6.85. The topological polar surface area (TPSA) is 68.3 Å². The molecule has 2 amide bonds. The molecular formula is C15H20N2O5. The van der Waals surface area contributed by atoms with Crippen LogP contribution in [-0.4, -0.2) is 69.6 Å². The van der Waals surface area contributed by atoms with Gasteiger partial charge < -0.3 is 24.0 Å². The lowest BCUT2D eigenvalue weighted by atomic mass is 10.1. The second-order valence-electron chi connectivity index (χ2n) is 4.96. The number of likely N-dealkylation sites (N-methyl/N-ethyl adjacent to an activating group) is 1. The fourth-order valence-corrected chi connectivity index (χ4v) is 2.32. The summed E-state index contributed by atoms with van der Waals surface area (Å²) in [4.78, 5) is 27.5. The van der Waals surface area contributed by atoms with E-state index in [-0.39, 0.29) is 18.4 Å². The summed E-state index contributed by atoms with van der Waals surface area (Å²) in [6.07, 6.45) is 0. The molecule has 0 radical (unpaired) electrons. The minimum Gasteiger partial charge on any atom is -0.493 e. The predicted octanol–water partition coefficient (Wildman–Crippen LogP) is 0.627. The fraction of sp³-hybridized carbons (Fsp3) is 0.467. The van der Waals surface area contributed by atoms with E-state index in [9.17, 15) is 9.59 Å². The Morgan fingerprint density at radius 2 is 1.64 bits per heavy atom. The highest BCUT2D eigenvalue weighted by Gasteiger charge is 2.27. The SMILES string of the molecule is COc1cc(C(=O)N2CCN(C)C(=O)C2)cc(OC)c1OC. The van der Waals surface area contributed by atoms with Gasteiger partial charge in [0.2, 0.25) is 11.7 Å². The highest BCUT2D eigenvalue weighted by Crippen LogP contribution is 2.38. The normalized spacial score (nSPS) is 14.8. The van der Waals surface area contributed by atoms with Gasteiger partial charge in [-0.05, 0) is 12.1 Å². The number of methoxy groups -OCH3 is 3. The van der Waals surface area contributed by atoms with Gasteiger partial charge in [-0.2, -0.15) is 0 Å². The van der Waals surface area contributed by atoms with Crippen molar-refractivity contribution < 1.29 is 23.8 Å². The molecule has 0 spiro atoms. The highest BCUT2D eigenvalue weighted by molar-refractivity contribution is 5.98. The first kappa shape index (κ1) is 15.9. The monoisotopic (exact) mass is 308 g/mol. The smallest absolute Gasteiger partial charge is 0.254 e. The lowest BCUT2D eigenvalue weighted by Crippen LogP contribution is -2.50. The molecule has 1 aromatic rings. The van der Waals surface area contributed by atoms with Crippen LogP contribution in [0.25, 0.3) is 0 Å². The Morgan fingerprint density at radius 3 is 2.09 bits per heavy atom. The van der Waals surface area contributed by atoms with Crippen molar-refractivity contribution in [2.24, 2.45) is 0 Å². The largest absolute Gasteiger partial charge is 0.493 e. The van der Waals surface area contributed by atoms with Gasteiger partial charge in [0, 0.05) is 25.7 Å². The van der Waals surface area contributed by atoms with Crippen molar-refractivity contribution in [3.8, 4) is 17.2 Å². The van der Waals surface area contributed by atoms with E-state index in [1.54, 1.807) is 24.1 Å². The molecule has 2 rings (SSSR count). The summed E-state index contributed by atoms with van der Waals surface area (Å²) in [5.74, 6) is 0.931. The molecule has 1 saturated heterocycles. The number of carbonyl (C=O) groups excluding carboxylic acids is 2. The van der Waals surface area contributed by atoms with E-state index in [2.05, 4.69) is 0 Å². The standard InChI is InChI=1S/C15H20N2O5/c1-16-5-6-17(9-13(16)18)15(19)10-7-11(20-2)14(22-4)12(8-10)21-3/h7-8H,5-6,9H2,1-4H3. The number of ether oxygens (including phenoxy) is 3. The molecule has 0 unspecified atom stereocenters. The number of benzene rings is 1. The molecule has 1 aromatic carbocycles. The van der Waals surface area contributed by atoms with Gasteiger partial charge in [0.05, 0.1) is 21.3 Å². The molecule has 0 N–H and O–H groups in total. The molecule has 0 bridgehead atoms. The van der Waals surface area contributed by atoms with Crippen molar-refractivity contribution in [2.75, 3.05) is 48.0 Å². The van der Waals surface area contributed by atoms with Crippen molar-refractivity contribution >= 4 is 11.8 Å². The minimum atomic E-state index is -0.235. The van der Waals surface area contributed by atoms with Crippen LogP contribution in [0, 0.1) is 0 Å². The average molecular weight is 308 g/mol. The Bertz CT molecular complexity index is 562. The van der Waals surface area contributed by atoms with Crippen LogP contribution in [0.4, 0.5) is 0 Å². The van der Waals surface area contributed by atoms with Gasteiger partial charge in [-0.15, -0.1) is 0 Å². The number of hydrogen-bond donors (Lipinski definition) is 0. The second-order valence-corrected chi connectivity index (χ2v) is 4.96.